The van der Waals surface area contributed by atoms with Gasteiger partial charge in [0.05, 0.1) is 26.6 Å². The van der Waals surface area contributed by atoms with Crippen LogP contribution in [-0.2, 0) is 28.8 Å². The molecule has 1 saturated heterocycles. The predicted octanol–water partition coefficient (Wildman–Crippen LogP) is -4.42. The number of amides is 6. The Kier molecular flexibility index (Phi) is 18.9. The van der Waals surface area contributed by atoms with Gasteiger partial charge in [0.15, 0.2) is 6.54 Å². The molecule has 0 aromatic carbocycles. The van der Waals surface area contributed by atoms with E-state index in [1.54, 1.807) is 0 Å². The molecular formula is C27H50N9O12+. The molecule has 0 saturated carbocycles. The maximum atomic E-state index is 13.6. The smallest absolute Gasteiger partial charge is 0.379 e. The third-order valence-electron chi connectivity index (χ3n) is 7.09. The molecule has 48 heavy (non-hydrogen) atoms. The Morgan fingerprint density at radius 3 is 1.54 bits per heavy atom. The molecule has 1 fully saturated rings. The Bertz CT molecular complexity index is 1130. The fourth-order valence-corrected chi connectivity index (χ4v) is 4.27. The zero-order valence-corrected chi connectivity index (χ0v) is 27.3. The van der Waals surface area contributed by atoms with Crippen LogP contribution in [0.2, 0.25) is 0 Å². The topological polar surface area (TPSA) is 305 Å². The van der Waals surface area contributed by atoms with E-state index in [1.165, 1.54) is 20.8 Å². The number of carbonyl (C=O) groups excluding carboxylic acids is 6. The van der Waals surface area contributed by atoms with Crippen LogP contribution in [0.4, 0.5) is 0 Å². The molecule has 1 heterocycles. The summed E-state index contributed by atoms with van der Waals surface area (Å²) in [6, 6.07) is -3.96. The van der Waals surface area contributed by atoms with E-state index in [9.17, 15) is 59.7 Å². The van der Waals surface area contributed by atoms with Gasteiger partial charge in [0.2, 0.25) is 35.4 Å². The Hall–Kier alpha value is -4.15. The number of nitrogens with zero attached hydrogens (tertiary/aromatic N) is 3. The third kappa shape index (κ3) is 16.6. The van der Waals surface area contributed by atoms with Crippen molar-refractivity contribution < 1.29 is 64.4 Å². The van der Waals surface area contributed by atoms with Crippen LogP contribution >= 0.6 is 0 Å². The first-order valence-electron chi connectivity index (χ1n) is 15.5. The molecule has 0 spiro atoms. The molecule has 6 amide bonds. The lowest BCUT2D eigenvalue weighted by atomic mass is 10.1. The molecule has 1 rings (SSSR count). The summed E-state index contributed by atoms with van der Waals surface area (Å²) in [7, 11) is 0. The first-order chi connectivity index (χ1) is 22.5. The highest BCUT2D eigenvalue weighted by molar-refractivity contribution is 5.96. The summed E-state index contributed by atoms with van der Waals surface area (Å²) in [6.07, 6.45) is -2.56. The van der Waals surface area contributed by atoms with Gasteiger partial charge in [-0.25, -0.2) is 0 Å². The SMILES string of the molecule is C/C(O)=[N+](/O)CCC[C@@H]1NC(=O)CNC(=O)CNC(=O)CNC(=O)C(CCCN(O)C(C)O)NC(=O)[C@H](CCCN(O)C(C)O)NC1=O. The normalized spacial score (nSPS) is 22.6. The molecule has 0 radical (unpaired) electrons. The molecule has 1 aliphatic heterocycles. The molecule has 3 unspecified atom stereocenters. The maximum absolute atomic E-state index is 13.6. The highest BCUT2D eigenvalue weighted by Crippen LogP contribution is 2.08. The summed E-state index contributed by atoms with van der Waals surface area (Å²) >= 11 is 0. The van der Waals surface area contributed by atoms with Gasteiger partial charge in [0, 0.05) is 24.2 Å². The Morgan fingerprint density at radius 2 is 1.08 bits per heavy atom. The van der Waals surface area contributed by atoms with Gasteiger partial charge in [-0.15, -0.1) is 0 Å². The fraction of sp³-hybridized carbons (Fsp3) is 0.741. The van der Waals surface area contributed by atoms with Crippen LogP contribution in [0.3, 0.4) is 0 Å². The molecule has 0 aromatic rings. The molecule has 5 atom stereocenters. The van der Waals surface area contributed by atoms with Crippen LogP contribution in [0.5, 0.6) is 0 Å². The monoisotopic (exact) mass is 692 g/mol. The lowest BCUT2D eigenvalue weighted by Crippen LogP contribution is -2.58. The van der Waals surface area contributed by atoms with Crippen LogP contribution in [0, 0.1) is 0 Å². The Labute approximate surface area is 277 Å². The van der Waals surface area contributed by atoms with Crippen molar-refractivity contribution in [3.8, 4) is 0 Å². The van der Waals surface area contributed by atoms with Gasteiger partial charge in [0.25, 0.3) is 0 Å². The number of carbonyl (C=O) groups is 6. The van der Waals surface area contributed by atoms with Crippen molar-refractivity contribution in [3.63, 3.8) is 0 Å². The minimum atomic E-state index is -1.36. The summed E-state index contributed by atoms with van der Waals surface area (Å²) in [5.41, 5.74) is 0. The number of nitrogens with one attached hydrogen (secondary N) is 6. The van der Waals surface area contributed by atoms with Crippen molar-refractivity contribution in [1.29, 1.82) is 0 Å². The summed E-state index contributed by atoms with van der Waals surface area (Å²) in [6.45, 7) is 1.79. The van der Waals surface area contributed by atoms with E-state index in [2.05, 4.69) is 31.9 Å². The number of hydrogen-bond acceptors (Lipinski definition) is 13. The van der Waals surface area contributed by atoms with Crippen LogP contribution in [-0.4, -0.2) is 157 Å². The van der Waals surface area contributed by atoms with Crippen molar-refractivity contribution in [2.75, 3.05) is 39.3 Å². The second-order valence-electron chi connectivity index (χ2n) is 11.2. The zero-order chi connectivity index (χ0) is 36.4. The number of rotatable bonds is 14. The predicted molar refractivity (Wildman–Crippen MR) is 163 cm³/mol. The van der Waals surface area contributed by atoms with E-state index < -0.39 is 91.6 Å². The van der Waals surface area contributed by atoms with Gasteiger partial charge in [-0.05, 0) is 46.0 Å². The van der Waals surface area contributed by atoms with E-state index in [0.29, 0.717) is 14.9 Å². The van der Waals surface area contributed by atoms with E-state index >= 15 is 0 Å². The number of aliphatic hydroxyl groups excluding tert-OH is 3. The van der Waals surface area contributed by atoms with Gasteiger partial charge >= 0.3 is 5.90 Å². The standard InChI is InChI=1S/C27H49N9O12/c1-16(37)34(46)10-4-7-19-25(43)30-14-23(41)28-13-22(40)29-15-24(42)31-20(8-5-11-35(47)17(2)38)26(44)33-21(27(45)32-19)9-6-12-36(48)18(3)39/h16,18-21,37,39,46-48H,4-15H2,1-3H3,(H6,28,29,30,31,32,33,40,41,42,43,44,45)/p+1/t16?,18?,19?,20-,21-/m0/s1. The number of aliphatic hydroxyl groups is 3. The first-order valence-corrected chi connectivity index (χ1v) is 15.5. The second kappa shape index (κ2) is 21.7. The van der Waals surface area contributed by atoms with Gasteiger partial charge < -0.3 is 57.6 Å². The van der Waals surface area contributed by atoms with Crippen molar-refractivity contribution in [3.05, 3.63) is 0 Å². The van der Waals surface area contributed by atoms with Gasteiger partial charge in [0.1, 0.15) is 30.6 Å². The summed E-state index contributed by atoms with van der Waals surface area (Å²) in [5, 5.41) is 73.6. The Balaban J connectivity index is 3.37. The van der Waals surface area contributed by atoms with Crippen molar-refractivity contribution in [2.24, 2.45) is 0 Å². The van der Waals surface area contributed by atoms with E-state index in [1.807, 2.05) is 0 Å². The Morgan fingerprint density at radius 1 is 0.688 bits per heavy atom. The van der Waals surface area contributed by atoms with E-state index in [-0.39, 0.29) is 58.2 Å². The number of hydrogen-bond donors (Lipinski definition) is 12. The molecule has 21 nitrogen and oxygen atoms in total. The first kappa shape index (κ1) is 41.9. The van der Waals surface area contributed by atoms with E-state index in [4.69, 9.17) is 0 Å². The summed E-state index contributed by atoms with van der Waals surface area (Å²) in [5.74, 6) is -5.21. The minimum Gasteiger partial charge on any atom is -0.461 e. The van der Waals surface area contributed by atoms with Crippen LogP contribution in [0.15, 0.2) is 0 Å². The second-order valence-corrected chi connectivity index (χ2v) is 11.2. The third-order valence-corrected chi connectivity index (χ3v) is 7.09. The van der Waals surface area contributed by atoms with Crippen molar-refractivity contribution in [1.82, 2.24) is 42.0 Å². The molecule has 1 aliphatic rings. The molecule has 21 heteroatoms. The molecule has 0 bridgehead atoms. The lowest BCUT2D eigenvalue weighted by Gasteiger charge is -2.26. The molecule has 12 N–H and O–H groups in total. The molecular weight excluding hydrogens is 642 g/mol. The molecule has 0 aliphatic carbocycles. The zero-order valence-electron chi connectivity index (χ0n) is 27.3. The largest absolute Gasteiger partial charge is 0.461 e. The highest BCUT2D eigenvalue weighted by atomic mass is 16.5. The highest BCUT2D eigenvalue weighted by Gasteiger charge is 2.30. The van der Waals surface area contributed by atoms with Gasteiger partial charge in [-0.3, -0.25) is 34.0 Å². The van der Waals surface area contributed by atoms with Gasteiger partial charge in [-0.1, -0.05) is 0 Å². The minimum absolute atomic E-state index is 0.0544. The van der Waals surface area contributed by atoms with Crippen molar-refractivity contribution in [2.45, 2.75) is 89.9 Å². The van der Waals surface area contributed by atoms with Crippen LogP contribution in [0.1, 0.15) is 59.3 Å². The average Bonchev–Trinajstić information content (AvgIpc) is 3.02. The average molecular weight is 693 g/mol. The van der Waals surface area contributed by atoms with E-state index in [0.717, 1.165) is 0 Å². The molecule has 0 aromatic heterocycles. The van der Waals surface area contributed by atoms with Gasteiger partial charge in [-0.2, -0.15) is 10.1 Å². The summed E-state index contributed by atoms with van der Waals surface area (Å²) < 4.78 is 0.525. The summed E-state index contributed by atoms with van der Waals surface area (Å²) in [4.78, 5) is 77.2. The maximum Gasteiger partial charge on any atom is 0.379 e. The quantitative estimate of drug-likeness (QED) is 0.0204. The number of hydroxylamine groups is 5. The van der Waals surface area contributed by atoms with Crippen molar-refractivity contribution >= 4 is 41.3 Å². The lowest BCUT2D eigenvalue weighted by molar-refractivity contribution is -0.779. The van der Waals surface area contributed by atoms with Crippen LogP contribution < -0.4 is 31.9 Å². The fourth-order valence-electron chi connectivity index (χ4n) is 4.27. The molecule has 274 valence electrons. The van der Waals surface area contributed by atoms with Crippen LogP contribution in [0.25, 0.3) is 0 Å².